The first-order valence-corrected chi connectivity index (χ1v) is 12.3. The van der Waals surface area contributed by atoms with E-state index in [0.717, 1.165) is 19.9 Å². The van der Waals surface area contributed by atoms with E-state index in [9.17, 15) is 13.2 Å². The summed E-state index contributed by atoms with van der Waals surface area (Å²) in [6.45, 7) is 3.19. The normalized spacial score (nSPS) is 11.7. The molecule has 0 unspecified atom stereocenters. The number of halogens is 1. The van der Waals surface area contributed by atoms with Crippen LogP contribution in [-0.2, 0) is 14.8 Å². The highest BCUT2D eigenvalue weighted by Crippen LogP contribution is 2.25. The van der Waals surface area contributed by atoms with Crippen LogP contribution in [0.5, 0.6) is 5.75 Å². The number of rotatable bonds is 8. The molecule has 0 atom stereocenters. The third kappa shape index (κ3) is 6.21. The second kappa shape index (κ2) is 10.6. The van der Waals surface area contributed by atoms with E-state index >= 15 is 0 Å². The molecule has 0 radical (unpaired) electrons. The van der Waals surface area contributed by atoms with Crippen molar-refractivity contribution in [2.75, 3.05) is 18.0 Å². The standard InChI is InChI=1S/C24H24BrN3O4S/c1-17-4-14-23(15-5-17)33(30,31)28(21-10-8-20(25)9-11-21)16-24(29)27-26-18(2)19-6-12-22(32-3)13-7-19/h4-15H,16H2,1-3H3,(H,27,29)/b26-18-. The van der Waals surface area contributed by atoms with Crippen molar-refractivity contribution in [2.24, 2.45) is 5.10 Å². The minimum absolute atomic E-state index is 0.0988. The minimum Gasteiger partial charge on any atom is -0.497 e. The van der Waals surface area contributed by atoms with Gasteiger partial charge in [0.1, 0.15) is 12.3 Å². The van der Waals surface area contributed by atoms with Crippen LogP contribution in [0.3, 0.4) is 0 Å². The molecule has 3 aromatic rings. The number of sulfonamides is 1. The Balaban J connectivity index is 1.84. The average molecular weight is 530 g/mol. The highest BCUT2D eigenvalue weighted by atomic mass is 79.9. The largest absolute Gasteiger partial charge is 0.497 e. The molecule has 1 N–H and O–H groups in total. The summed E-state index contributed by atoms with van der Waals surface area (Å²) in [6, 6.07) is 20.4. The zero-order valence-corrected chi connectivity index (χ0v) is 20.9. The number of benzene rings is 3. The Morgan fingerprint density at radius 3 is 2.18 bits per heavy atom. The zero-order chi connectivity index (χ0) is 24.0. The van der Waals surface area contributed by atoms with Gasteiger partial charge in [-0.2, -0.15) is 5.10 Å². The molecular formula is C24H24BrN3O4S. The molecule has 0 saturated heterocycles. The topological polar surface area (TPSA) is 88.1 Å². The Kier molecular flexibility index (Phi) is 7.88. The number of methoxy groups -OCH3 is 1. The molecule has 33 heavy (non-hydrogen) atoms. The predicted molar refractivity (Wildman–Crippen MR) is 133 cm³/mol. The highest BCUT2D eigenvalue weighted by Gasteiger charge is 2.27. The van der Waals surface area contributed by atoms with Crippen LogP contribution in [-0.4, -0.2) is 33.7 Å². The molecule has 3 aromatic carbocycles. The number of hydrogen-bond acceptors (Lipinski definition) is 5. The number of hydrogen-bond donors (Lipinski definition) is 1. The predicted octanol–water partition coefficient (Wildman–Crippen LogP) is 4.50. The van der Waals surface area contributed by atoms with Crippen molar-refractivity contribution in [2.45, 2.75) is 18.7 Å². The Morgan fingerprint density at radius 2 is 1.61 bits per heavy atom. The molecule has 0 fully saturated rings. The van der Waals surface area contributed by atoms with Crippen LogP contribution in [0.2, 0.25) is 0 Å². The molecular weight excluding hydrogens is 506 g/mol. The summed E-state index contributed by atoms with van der Waals surface area (Å²) >= 11 is 3.35. The van der Waals surface area contributed by atoms with Gasteiger partial charge < -0.3 is 4.74 Å². The molecule has 0 aromatic heterocycles. The lowest BCUT2D eigenvalue weighted by atomic mass is 10.1. The van der Waals surface area contributed by atoms with Gasteiger partial charge in [0.15, 0.2) is 0 Å². The van der Waals surface area contributed by atoms with Crippen LogP contribution in [0.4, 0.5) is 5.69 Å². The number of carbonyl (C=O) groups is 1. The molecule has 172 valence electrons. The smallest absolute Gasteiger partial charge is 0.264 e. The third-order valence-corrected chi connectivity index (χ3v) is 7.18. The van der Waals surface area contributed by atoms with Crippen LogP contribution in [0, 0.1) is 6.92 Å². The van der Waals surface area contributed by atoms with E-state index in [1.807, 2.05) is 19.1 Å². The summed E-state index contributed by atoms with van der Waals surface area (Å²) in [4.78, 5) is 12.8. The minimum atomic E-state index is -3.98. The van der Waals surface area contributed by atoms with Crippen molar-refractivity contribution in [1.29, 1.82) is 0 Å². The maximum atomic E-state index is 13.4. The quantitative estimate of drug-likeness (QED) is 0.343. The van der Waals surface area contributed by atoms with Crippen LogP contribution < -0.4 is 14.5 Å². The number of nitrogens with zero attached hydrogens (tertiary/aromatic N) is 2. The first-order chi connectivity index (χ1) is 15.7. The number of nitrogens with one attached hydrogen (secondary N) is 1. The van der Waals surface area contributed by atoms with Gasteiger partial charge in [0.05, 0.1) is 23.4 Å². The number of carbonyl (C=O) groups excluding carboxylic acids is 1. The van der Waals surface area contributed by atoms with Gasteiger partial charge in [-0.3, -0.25) is 9.10 Å². The summed E-state index contributed by atoms with van der Waals surface area (Å²) in [6.07, 6.45) is 0. The maximum Gasteiger partial charge on any atom is 0.264 e. The number of aryl methyl sites for hydroxylation is 1. The van der Waals surface area contributed by atoms with Crippen LogP contribution in [0.1, 0.15) is 18.1 Å². The van der Waals surface area contributed by atoms with Crippen molar-refractivity contribution in [3.8, 4) is 5.75 Å². The van der Waals surface area contributed by atoms with Crippen molar-refractivity contribution in [1.82, 2.24) is 5.43 Å². The first kappa shape index (κ1) is 24.5. The van der Waals surface area contributed by atoms with Gasteiger partial charge in [0.2, 0.25) is 0 Å². The summed E-state index contributed by atoms with van der Waals surface area (Å²) in [7, 11) is -2.40. The lowest BCUT2D eigenvalue weighted by molar-refractivity contribution is -0.119. The van der Waals surface area contributed by atoms with Crippen LogP contribution in [0.15, 0.2) is 87.3 Å². The van der Waals surface area contributed by atoms with Crippen molar-refractivity contribution in [3.05, 3.63) is 88.4 Å². The number of amides is 1. The number of hydrazone groups is 1. The van der Waals surface area contributed by atoms with E-state index in [4.69, 9.17) is 4.74 Å². The molecule has 0 aliphatic rings. The first-order valence-electron chi connectivity index (χ1n) is 10.0. The van der Waals surface area contributed by atoms with Gasteiger partial charge in [0, 0.05) is 4.47 Å². The number of anilines is 1. The Bertz CT molecular complexity index is 1240. The molecule has 7 nitrogen and oxygen atoms in total. The average Bonchev–Trinajstić information content (AvgIpc) is 2.82. The van der Waals surface area contributed by atoms with E-state index in [2.05, 4.69) is 26.5 Å². The van der Waals surface area contributed by atoms with Gasteiger partial charge in [0.25, 0.3) is 15.9 Å². The van der Waals surface area contributed by atoms with Crippen molar-refractivity contribution in [3.63, 3.8) is 0 Å². The van der Waals surface area contributed by atoms with Gasteiger partial charge in [-0.15, -0.1) is 0 Å². The van der Waals surface area contributed by atoms with Gasteiger partial charge in [-0.05, 0) is 80.1 Å². The van der Waals surface area contributed by atoms with Crippen molar-refractivity contribution >= 4 is 43.3 Å². The monoisotopic (exact) mass is 529 g/mol. The summed E-state index contributed by atoms with van der Waals surface area (Å²) in [5.41, 5.74) is 5.13. The van der Waals surface area contributed by atoms with E-state index in [1.165, 1.54) is 12.1 Å². The Hall–Kier alpha value is -3.17. The van der Waals surface area contributed by atoms with Crippen LogP contribution >= 0.6 is 15.9 Å². The molecule has 0 aliphatic carbocycles. The Morgan fingerprint density at radius 1 is 1.00 bits per heavy atom. The summed E-state index contributed by atoms with van der Waals surface area (Å²) < 4.78 is 33.7. The summed E-state index contributed by atoms with van der Waals surface area (Å²) in [5.74, 6) is 0.142. The second-order valence-electron chi connectivity index (χ2n) is 7.26. The molecule has 0 heterocycles. The summed E-state index contributed by atoms with van der Waals surface area (Å²) in [5, 5.41) is 4.12. The van der Waals surface area contributed by atoms with E-state index < -0.39 is 22.5 Å². The Labute approximate surface area is 202 Å². The lowest BCUT2D eigenvalue weighted by Crippen LogP contribution is -2.39. The van der Waals surface area contributed by atoms with Crippen LogP contribution in [0.25, 0.3) is 0 Å². The zero-order valence-electron chi connectivity index (χ0n) is 18.4. The molecule has 1 amide bonds. The maximum absolute atomic E-state index is 13.4. The lowest BCUT2D eigenvalue weighted by Gasteiger charge is -2.24. The van der Waals surface area contributed by atoms with E-state index in [0.29, 0.717) is 17.1 Å². The fraction of sp³-hybridized carbons (Fsp3) is 0.167. The molecule has 0 saturated carbocycles. The second-order valence-corrected chi connectivity index (χ2v) is 10.0. The SMILES string of the molecule is COc1ccc(/C(C)=N\NC(=O)CN(c2ccc(Br)cc2)S(=O)(=O)c2ccc(C)cc2)cc1. The van der Waals surface area contributed by atoms with Gasteiger partial charge in [-0.1, -0.05) is 33.6 Å². The van der Waals surface area contributed by atoms with Gasteiger partial charge in [-0.25, -0.2) is 13.8 Å². The molecule has 3 rings (SSSR count). The van der Waals surface area contributed by atoms with Crippen molar-refractivity contribution < 1.29 is 17.9 Å². The van der Waals surface area contributed by atoms with E-state index in [-0.39, 0.29) is 4.90 Å². The molecule has 0 spiro atoms. The molecule has 9 heteroatoms. The fourth-order valence-electron chi connectivity index (χ4n) is 2.97. The fourth-order valence-corrected chi connectivity index (χ4v) is 4.65. The molecule has 0 aliphatic heterocycles. The molecule has 0 bridgehead atoms. The highest BCUT2D eigenvalue weighted by molar-refractivity contribution is 9.10. The third-order valence-electron chi connectivity index (χ3n) is 4.87. The number of ether oxygens (including phenoxy) is 1. The van der Waals surface area contributed by atoms with Gasteiger partial charge >= 0.3 is 0 Å². The van der Waals surface area contributed by atoms with E-state index in [1.54, 1.807) is 62.6 Å².